The molecule has 0 bridgehead atoms. The van der Waals surface area contributed by atoms with Crippen molar-refractivity contribution >= 4 is 18.3 Å². The molecule has 2 aromatic carbocycles. The highest BCUT2D eigenvalue weighted by Crippen LogP contribution is 2.29. The van der Waals surface area contributed by atoms with Crippen molar-refractivity contribution in [3.8, 4) is 16.9 Å². The molecule has 1 aliphatic heterocycles. The summed E-state index contributed by atoms with van der Waals surface area (Å²) in [4.78, 5) is 14.4. The minimum absolute atomic E-state index is 0. The standard InChI is InChI=1S/C21H26N2O2.ClH/c22-16-18-10-6-7-14-23(18)21(24)13-15-25-20-12-5-4-11-19(20)17-8-2-1-3-9-17;/h1-5,8-9,11-12,18H,6-7,10,13-16,22H2;1H. The maximum atomic E-state index is 12.5. The number of hydrogen-bond donors (Lipinski definition) is 1. The number of nitrogens with zero attached hydrogens (tertiary/aromatic N) is 1. The molecule has 0 aromatic heterocycles. The van der Waals surface area contributed by atoms with Crippen molar-refractivity contribution in [1.82, 2.24) is 4.90 Å². The summed E-state index contributed by atoms with van der Waals surface area (Å²) in [6.07, 6.45) is 3.63. The maximum absolute atomic E-state index is 12.5. The lowest BCUT2D eigenvalue weighted by molar-refractivity contribution is -0.135. The number of benzene rings is 2. The number of carbonyl (C=O) groups excluding carboxylic acids is 1. The normalized spacial score (nSPS) is 16.7. The lowest BCUT2D eigenvalue weighted by Crippen LogP contribution is -2.47. The zero-order valence-corrected chi connectivity index (χ0v) is 15.8. The highest BCUT2D eigenvalue weighted by Gasteiger charge is 2.25. The van der Waals surface area contributed by atoms with Crippen LogP contribution in [0.2, 0.25) is 0 Å². The van der Waals surface area contributed by atoms with E-state index in [0.717, 1.165) is 42.7 Å². The second kappa shape index (κ2) is 10.2. The van der Waals surface area contributed by atoms with E-state index in [1.807, 2.05) is 47.4 Å². The predicted octanol–water partition coefficient (Wildman–Crippen LogP) is 3.88. The Bertz CT molecular complexity index is 693. The van der Waals surface area contributed by atoms with Gasteiger partial charge in [0.15, 0.2) is 0 Å². The summed E-state index contributed by atoms with van der Waals surface area (Å²) < 4.78 is 5.94. The van der Waals surface area contributed by atoms with Crippen molar-refractivity contribution in [2.75, 3.05) is 19.7 Å². The van der Waals surface area contributed by atoms with E-state index in [1.54, 1.807) is 0 Å². The van der Waals surface area contributed by atoms with Crippen LogP contribution < -0.4 is 10.5 Å². The molecule has 5 heteroatoms. The summed E-state index contributed by atoms with van der Waals surface area (Å²) >= 11 is 0. The van der Waals surface area contributed by atoms with Crippen molar-refractivity contribution in [2.24, 2.45) is 5.73 Å². The van der Waals surface area contributed by atoms with Crippen LogP contribution in [-0.2, 0) is 4.79 Å². The van der Waals surface area contributed by atoms with Crippen molar-refractivity contribution < 1.29 is 9.53 Å². The second-order valence-electron chi connectivity index (χ2n) is 6.43. The third kappa shape index (κ3) is 4.99. The van der Waals surface area contributed by atoms with Gasteiger partial charge in [0.25, 0.3) is 0 Å². The number of nitrogens with two attached hydrogens (primary N) is 1. The van der Waals surface area contributed by atoms with Crippen molar-refractivity contribution in [1.29, 1.82) is 0 Å². The van der Waals surface area contributed by atoms with Crippen LogP contribution in [0.1, 0.15) is 25.7 Å². The number of likely N-dealkylation sites (tertiary alicyclic amines) is 1. The fraction of sp³-hybridized carbons (Fsp3) is 0.381. The van der Waals surface area contributed by atoms with Gasteiger partial charge in [-0.3, -0.25) is 4.79 Å². The second-order valence-corrected chi connectivity index (χ2v) is 6.43. The Hall–Kier alpha value is -2.04. The van der Waals surface area contributed by atoms with Gasteiger partial charge < -0.3 is 15.4 Å². The topological polar surface area (TPSA) is 55.6 Å². The molecule has 2 aromatic rings. The van der Waals surface area contributed by atoms with Gasteiger partial charge in [0, 0.05) is 24.7 Å². The quantitative estimate of drug-likeness (QED) is 0.834. The van der Waals surface area contributed by atoms with Crippen LogP contribution in [0, 0.1) is 0 Å². The summed E-state index contributed by atoms with van der Waals surface area (Å²) in [5.41, 5.74) is 7.97. The Kier molecular flexibility index (Phi) is 7.95. The molecule has 0 spiro atoms. The number of hydrogen-bond acceptors (Lipinski definition) is 3. The fourth-order valence-electron chi connectivity index (χ4n) is 3.41. The van der Waals surface area contributed by atoms with Crippen LogP contribution in [0.5, 0.6) is 5.75 Å². The molecular formula is C21H27ClN2O2. The lowest BCUT2D eigenvalue weighted by Gasteiger charge is -2.35. The third-order valence-electron chi connectivity index (χ3n) is 4.76. The average Bonchev–Trinajstić information content (AvgIpc) is 2.69. The van der Waals surface area contributed by atoms with Gasteiger partial charge in [-0.25, -0.2) is 0 Å². The Morgan fingerprint density at radius 1 is 1.08 bits per heavy atom. The van der Waals surface area contributed by atoms with E-state index in [9.17, 15) is 4.79 Å². The number of ether oxygens (including phenoxy) is 1. The molecule has 140 valence electrons. The third-order valence-corrected chi connectivity index (χ3v) is 4.76. The van der Waals surface area contributed by atoms with Crippen LogP contribution >= 0.6 is 12.4 Å². The maximum Gasteiger partial charge on any atom is 0.226 e. The Morgan fingerprint density at radius 2 is 1.81 bits per heavy atom. The first-order valence-electron chi connectivity index (χ1n) is 9.06. The van der Waals surface area contributed by atoms with E-state index >= 15 is 0 Å². The smallest absolute Gasteiger partial charge is 0.226 e. The van der Waals surface area contributed by atoms with Gasteiger partial charge in [-0.1, -0.05) is 48.5 Å². The predicted molar refractivity (Wildman–Crippen MR) is 108 cm³/mol. The van der Waals surface area contributed by atoms with E-state index < -0.39 is 0 Å². The molecule has 1 fully saturated rings. The van der Waals surface area contributed by atoms with Gasteiger partial charge in [-0.15, -0.1) is 12.4 Å². The molecular weight excluding hydrogens is 348 g/mol. The van der Waals surface area contributed by atoms with E-state index in [0.29, 0.717) is 19.6 Å². The molecule has 1 heterocycles. The molecule has 1 saturated heterocycles. The number of halogens is 1. The highest BCUT2D eigenvalue weighted by molar-refractivity contribution is 5.85. The molecule has 1 aliphatic rings. The Labute approximate surface area is 161 Å². The summed E-state index contributed by atoms with van der Waals surface area (Å²) in [5, 5.41) is 0. The van der Waals surface area contributed by atoms with Gasteiger partial charge in [0.1, 0.15) is 5.75 Å². The molecule has 3 rings (SSSR count). The van der Waals surface area contributed by atoms with Gasteiger partial charge in [0.05, 0.1) is 13.0 Å². The molecule has 1 amide bonds. The summed E-state index contributed by atoms with van der Waals surface area (Å²) in [7, 11) is 0. The van der Waals surface area contributed by atoms with Crippen molar-refractivity contribution in [3.63, 3.8) is 0 Å². The highest BCUT2D eigenvalue weighted by atomic mass is 35.5. The Morgan fingerprint density at radius 3 is 2.58 bits per heavy atom. The summed E-state index contributed by atoms with van der Waals surface area (Å²) in [6.45, 7) is 1.75. The van der Waals surface area contributed by atoms with Crippen LogP contribution in [-0.4, -0.2) is 36.5 Å². The van der Waals surface area contributed by atoms with E-state index in [2.05, 4.69) is 12.1 Å². The molecule has 2 N–H and O–H groups in total. The van der Waals surface area contributed by atoms with Gasteiger partial charge in [-0.05, 0) is 30.9 Å². The number of para-hydroxylation sites is 1. The van der Waals surface area contributed by atoms with Crippen LogP contribution in [0.25, 0.3) is 11.1 Å². The van der Waals surface area contributed by atoms with Crippen molar-refractivity contribution in [3.05, 3.63) is 54.6 Å². The van der Waals surface area contributed by atoms with Crippen LogP contribution in [0.4, 0.5) is 0 Å². The first-order valence-corrected chi connectivity index (χ1v) is 9.06. The molecule has 4 nitrogen and oxygen atoms in total. The monoisotopic (exact) mass is 374 g/mol. The summed E-state index contributed by atoms with van der Waals surface area (Å²) in [6, 6.07) is 18.3. The van der Waals surface area contributed by atoms with E-state index in [1.165, 1.54) is 0 Å². The lowest BCUT2D eigenvalue weighted by atomic mass is 10.0. The van der Waals surface area contributed by atoms with Crippen LogP contribution in [0.3, 0.4) is 0 Å². The molecule has 0 aliphatic carbocycles. The van der Waals surface area contributed by atoms with Gasteiger partial charge in [0.2, 0.25) is 5.91 Å². The van der Waals surface area contributed by atoms with Crippen LogP contribution in [0.15, 0.2) is 54.6 Å². The number of carbonyl (C=O) groups is 1. The minimum Gasteiger partial charge on any atom is -0.492 e. The zero-order chi connectivity index (χ0) is 17.5. The zero-order valence-electron chi connectivity index (χ0n) is 15.0. The molecule has 1 atom stereocenters. The molecule has 26 heavy (non-hydrogen) atoms. The van der Waals surface area contributed by atoms with E-state index in [4.69, 9.17) is 10.5 Å². The molecule has 0 saturated carbocycles. The molecule has 1 unspecified atom stereocenters. The first kappa shape index (κ1) is 20.3. The first-order chi connectivity index (χ1) is 12.3. The SMILES string of the molecule is Cl.NCC1CCCCN1C(=O)CCOc1ccccc1-c1ccccc1. The van der Waals surface area contributed by atoms with Gasteiger partial charge in [-0.2, -0.15) is 0 Å². The number of piperidine rings is 1. The van der Waals surface area contributed by atoms with E-state index in [-0.39, 0.29) is 24.4 Å². The largest absolute Gasteiger partial charge is 0.492 e. The summed E-state index contributed by atoms with van der Waals surface area (Å²) in [5.74, 6) is 0.961. The fourth-order valence-corrected chi connectivity index (χ4v) is 3.41. The average molecular weight is 375 g/mol. The van der Waals surface area contributed by atoms with Gasteiger partial charge >= 0.3 is 0 Å². The Balaban J connectivity index is 0.00000243. The number of amides is 1. The number of rotatable bonds is 6. The molecule has 0 radical (unpaired) electrons. The van der Waals surface area contributed by atoms with Crippen molar-refractivity contribution in [2.45, 2.75) is 31.7 Å². The minimum atomic E-state index is 0.